The molecular weight excluding hydrogens is 351 g/mol. The molecule has 1 aliphatic rings. The molecule has 1 fully saturated rings. The van der Waals surface area contributed by atoms with E-state index < -0.39 is 0 Å². The highest BCUT2D eigenvalue weighted by atomic mass is 127. The lowest BCUT2D eigenvalue weighted by Crippen LogP contribution is -2.31. The van der Waals surface area contributed by atoms with Crippen LogP contribution in [0.3, 0.4) is 0 Å². The van der Waals surface area contributed by atoms with Crippen molar-refractivity contribution in [3.8, 4) is 0 Å². The van der Waals surface area contributed by atoms with Gasteiger partial charge in [0.05, 0.1) is 9.77 Å². The van der Waals surface area contributed by atoms with Gasteiger partial charge in [-0.1, -0.05) is 19.3 Å². The van der Waals surface area contributed by atoms with Gasteiger partial charge in [0.2, 0.25) is 0 Å². The zero-order chi connectivity index (χ0) is 13.7. The standard InChI is InChI=1S/C15H25IN2O/c1-13-14(16)11-17-18(13)12-15(9-6-10-19-2)7-4-3-5-8-15/h11H,3-10,12H2,1-2H3. The average Bonchev–Trinajstić information content (AvgIpc) is 2.72. The highest BCUT2D eigenvalue weighted by Crippen LogP contribution is 2.41. The maximum absolute atomic E-state index is 5.23. The zero-order valence-electron chi connectivity index (χ0n) is 12.1. The van der Waals surface area contributed by atoms with Gasteiger partial charge >= 0.3 is 0 Å². The van der Waals surface area contributed by atoms with Crippen molar-refractivity contribution in [1.29, 1.82) is 0 Å². The Labute approximate surface area is 130 Å². The summed E-state index contributed by atoms with van der Waals surface area (Å²) in [6, 6.07) is 0. The van der Waals surface area contributed by atoms with Gasteiger partial charge in [-0.25, -0.2) is 0 Å². The first kappa shape index (κ1) is 15.3. The highest BCUT2D eigenvalue weighted by molar-refractivity contribution is 14.1. The summed E-state index contributed by atoms with van der Waals surface area (Å²) in [5.74, 6) is 0. The van der Waals surface area contributed by atoms with E-state index in [1.54, 1.807) is 7.11 Å². The van der Waals surface area contributed by atoms with Crippen LogP contribution in [0.25, 0.3) is 0 Å². The second-order valence-corrected chi connectivity index (χ2v) is 7.05. The van der Waals surface area contributed by atoms with E-state index in [0.29, 0.717) is 5.41 Å². The number of halogens is 1. The molecule has 0 amide bonds. The quantitative estimate of drug-likeness (QED) is 0.550. The third-order valence-electron chi connectivity index (χ3n) is 4.50. The van der Waals surface area contributed by atoms with E-state index >= 15 is 0 Å². The van der Waals surface area contributed by atoms with Crippen molar-refractivity contribution in [2.24, 2.45) is 5.41 Å². The van der Waals surface area contributed by atoms with E-state index in [4.69, 9.17) is 4.74 Å². The van der Waals surface area contributed by atoms with Gasteiger partial charge in [-0.15, -0.1) is 0 Å². The van der Waals surface area contributed by atoms with E-state index in [2.05, 4.69) is 39.3 Å². The summed E-state index contributed by atoms with van der Waals surface area (Å²) in [7, 11) is 1.80. The number of methoxy groups -OCH3 is 1. The molecule has 0 N–H and O–H groups in total. The molecule has 1 heterocycles. The van der Waals surface area contributed by atoms with Gasteiger partial charge in [0, 0.05) is 26.0 Å². The fraction of sp³-hybridized carbons (Fsp3) is 0.800. The van der Waals surface area contributed by atoms with Crippen molar-refractivity contribution in [1.82, 2.24) is 9.78 Å². The SMILES string of the molecule is COCCCC1(Cn2ncc(I)c2C)CCCCC1. The molecule has 1 aromatic rings. The van der Waals surface area contributed by atoms with Crippen molar-refractivity contribution >= 4 is 22.6 Å². The van der Waals surface area contributed by atoms with Crippen molar-refractivity contribution in [2.45, 2.75) is 58.4 Å². The van der Waals surface area contributed by atoms with Gasteiger partial charge in [-0.2, -0.15) is 5.10 Å². The first-order chi connectivity index (χ1) is 9.17. The highest BCUT2D eigenvalue weighted by Gasteiger charge is 2.32. The largest absolute Gasteiger partial charge is 0.385 e. The minimum atomic E-state index is 0.455. The van der Waals surface area contributed by atoms with E-state index in [0.717, 1.165) is 13.2 Å². The minimum Gasteiger partial charge on any atom is -0.385 e. The summed E-state index contributed by atoms with van der Waals surface area (Å²) in [4.78, 5) is 0. The van der Waals surface area contributed by atoms with E-state index in [1.807, 2.05) is 6.20 Å². The molecule has 0 atom stereocenters. The van der Waals surface area contributed by atoms with E-state index in [-0.39, 0.29) is 0 Å². The van der Waals surface area contributed by atoms with E-state index in [1.165, 1.54) is 54.2 Å². The Hall–Kier alpha value is -0.100. The van der Waals surface area contributed by atoms with Crippen molar-refractivity contribution in [2.75, 3.05) is 13.7 Å². The predicted molar refractivity (Wildman–Crippen MR) is 86.3 cm³/mol. The summed E-state index contributed by atoms with van der Waals surface area (Å²) >= 11 is 2.38. The van der Waals surface area contributed by atoms with Crippen LogP contribution < -0.4 is 0 Å². The normalized spacial score (nSPS) is 18.7. The molecule has 0 spiro atoms. The smallest absolute Gasteiger partial charge is 0.0626 e. The number of rotatable bonds is 6. The third-order valence-corrected chi connectivity index (χ3v) is 5.56. The van der Waals surface area contributed by atoms with Gasteiger partial charge in [-0.05, 0) is 60.6 Å². The van der Waals surface area contributed by atoms with Crippen molar-refractivity contribution in [3.63, 3.8) is 0 Å². The van der Waals surface area contributed by atoms with Crippen LogP contribution in [0.1, 0.15) is 50.6 Å². The van der Waals surface area contributed by atoms with Crippen LogP contribution >= 0.6 is 22.6 Å². The second-order valence-electron chi connectivity index (χ2n) is 5.89. The molecule has 1 aromatic heterocycles. The van der Waals surface area contributed by atoms with Gasteiger partial charge in [0.15, 0.2) is 0 Å². The summed E-state index contributed by atoms with van der Waals surface area (Å²) in [5.41, 5.74) is 1.77. The minimum absolute atomic E-state index is 0.455. The van der Waals surface area contributed by atoms with Gasteiger partial charge < -0.3 is 4.74 Å². The van der Waals surface area contributed by atoms with Crippen LogP contribution in [0.15, 0.2) is 6.20 Å². The molecule has 1 aliphatic carbocycles. The van der Waals surface area contributed by atoms with Gasteiger partial charge in [0.1, 0.15) is 0 Å². The summed E-state index contributed by atoms with van der Waals surface area (Å²) in [6.45, 7) is 4.16. The van der Waals surface area contributed by atoms with Crippen LogP contribution in [-0.4, -0.2) is 23.5 Å². The Morgan fingerprint density at radius 1 is 1.37 bits per heavy atom. The Balaban J connectivity index is 2.06. The molecule has 2 rings (SSSR count). The molecule has 0 saturated heterocycles. The molecular formula is C15H25IN2O. The Bertz CT molecular complexity index is 397. The molecule has 0 aromatic carbocycles. The van der Waals surface area contributed by atoms with Crippen LogP contribution in [0.2, 0.25) is 0 Å². The fourth-order valence-corrected chi connectivity index (χ4v) is 3.68. The Morgan fingerprint density at radius 3 is 2.68 bits per heavy atom. The molecule has 3 nitrogen and oxygen atoms in total. The monoisotopic (exact) mass is 376 g/mol. The molecule has 0 aliphatic heterocycles. The van der Waals surface area contributed by atoms with Crippen molar-refractivity contribution in [3.05, 3.63) is 15.5 Å². The van der Waals surface area contributed by atoms with Crippen LogP contribution in [-0.2, 0) is 11.3 Å². The lowest BCUT2D eigenvalue weighted by molar-refractivity contribution is 0.110. The first-order valence-electron chi connectivity index (χ1n) is 7.34. The molecule has 108 valence electrons. The number of hydrogen-bond acceptors (Lipinski definition) is 2. The lowest BCUT2D eigenvalue weighted by Gasteiger charge is -2.37. The van der Waals surface area contributed by atoms with Crippen LogP contribution in [0.5, 0.6) is 0 Å². The first-order valence-corrected chi connectivity index (χ1v) is 8.42. The van der Waals surface area contributed by atoms with Crippen LogP contribution in [0, 0.1) is 15.9 Å². The second kappa shape index (κ2) is 7.07. The number of aromatic nitrogens is 2. The Kier molecular flexibility index (Phi) is 5.69. The molecule has 0 unspecified atom stereocenters. The average molecular weight is 376 g/mol. The third kappa shape index (κ3) is 3.94. The summed E-state index contributed by atoms with van der Waals surface area (Å²) < 4.78 is 8.73. The molecule has 0 bridgehead atoms. The predicted octanol–water partition coefficient (Wildman–Crippen LogP) is 4.17. The Morgan fingerprint density at radius 2 is 2.11 bits per heavy atom. The molecule has 1 saturated carbocycles. The molecule has 4 heteroatoms. The number of nitrogens with zero attached hydrogens (tertiary/aromatic N) is 2. The van der Waals surface area contributed by atoms with E-state index in [9.17, 15) is 0 Å². The number of hydrogen-bond donors (Lipinski definition) is 0. The topological polar surface area (TPSA) is 27.1 Å². The maximum Gasteiger partial charge on any atom is 0.0626 e. The number of ether oxygens (including phenoxy) is 1. The van der Waals surface area contributed by atoms with Crippen molar-refractivity contribution < 1.29 is 4.74 Å². The van der Waals surface area contributed by atoms with Crippen LogP contribution in [0.4, 0.5) is 0 Å². The molecule has 0 radical (unpaired) electrons. The zero-order valence-corrected chi connectivity index (χ0v) is 14.3. The van der Waals surface area contributed by atoms with Gasteiger partial charge in [0.25, 0.3) is 0 Å². The van der Waals surface area contributed by atoms with Gasteiger partial charge in [-0.3, -0.25) is 4.68 Å². The summed E-state index contributed by atoms with van der Waals surface area (Å²) in [5, 5.41) is 4.56. The fourth-order valence-electron chi connectivity index (χ4n) is 3.28. The molecule has 19 heavy (non-hydrogen) atoms. The summed E-state index contributed by atoms with van der Waals surface area (Å²) in [6.07, 6.45) is 11.3. The maximum atomic E-state index is 5.23. The lowest BCUT2D eigenvalue weighted by atomic mass is 9.71.